The molecule has 2 N–H and O–H groups in total. The number of aliphatic hydroxyl groups excluding tert-OH is 2. The van der Waals surface area contributed by atoms with Crippen molar-refractivity contribution in [2.45, 2.75) is 144 Å². The van der Waals surface area contributed by atoms with Crippen molar-refractivity contribution in [1.82, 2.24) is 0 Å². The zero-order valence-electron chi connectivity index (χ0n) is 29.5. The van der Waals surface area contributed by atoms with Gasteiger partial charge >= 0.3 is 0 Å². The Morgan fingerprint density at radius 1 is 0.725 bits per heavy atom. The van der Waals surface area contributed by atoms with Crippen LogP contribution < -0.4 is 0 Å². The van der Waals surface area contributed by atoms with Crippen LogP contribution in [0.2, 0.25) is 36.3 Å². The van der Waals surface area contributed by atoms with E-state index in [1.807, 2.05) is 6.92 Å². The third-order valence-electron chi connectivity index (χ3n) is 12.8. The zero-order valence-corrected chi connectivity index (χ0v) is 31.5. The Morgan fingerprint density at radius 3 is 1.57 bits per heavy atom. The topological polar surface area (TPSA) is 58.9 Å². The van der Waals surface area contributed by atoms with Crippen LogP contribution in [0.5, 0.6) is 0 Å². The van der Waals surface area contributed by atoms with Gasteiger partial charge in [-0.3, -0.25) is 0 Å². The van der Waals surface area contributed by atoms with E-state index in [1.54, 1.807) is 0 Å². The highest BCUT2D eigenvalue weighted by Crippen LogP contribution is 2.46. The molecule has 2 aliphatic carbocycles. The lowest BCUT2D eigenvalue weighted by molar-refractivity contribution is -0.0873. The highest BCUT2D eigenvalue weighted by molar-refractivity contribution is 6.74. The van der Waals surface area contributed by atoms with E-state index >= 15 is 0 Å². The van der Waals surface area contributed by atoms with E-state index in [1.165, 1.54) is 6.42 Å². The Hall–Kier alpha value is 0.0138. The summed E-state index contributed by atoms with van der Waals surface area (Å²) >= 11 is 0. The molecule has 0 amide bonds. The monoisotopic (exact) mass is 598 g/mol. The van der Waals surface area contributed by atoms with Crippen LogP contribution >= 0.6 is 0 Å². The Balaban J connectivity index is 0.000000402. The van der Waals surface area contributed by atoms with Gasteiger partial charge in [-0.15, -0.1) is 0 Å². The van der Waals surface area contributed by atoms with Gasteiger partial charge in [0.05, 0.1) is 12.2 Å². The van der Waals surface area contributed by atoms with E-state index in [9.17, 15) is 10.2 Å². The van der Waals surface area contributed by atoms with Crippen molar-refractivity contribution in [2.24, 2.45) is 47.3 Å². The first-order valence-corrected chi connectivity index (χ1v) is 22.1. The molecule has 8 atom stereocenters. The molecule has 0 aromatic carbocycles. The summed E-state index contributed by atoms with van der Waals surface area (Å²) in [5.74, 6) is 4.27. The van der Waals surface area contributed by atoms with E-state index in [4.69, 9.17) is 8.85 Å². The molecular formula is C34H70O4Si2. The first kappa shape index (κ1) is 38.0. The molecule has 0 spiro atoms. The lowest BCUT2D eigenvalue weighted by Crippen LogP contribution is -2.49. The van der Waals surface area contributed by atoms with E-state index in [-0.39, 0.29) is 11.0 Å². The van der Waals surface area contributed by atoms with Crippen molar-refractivity contribution in [1.29, 1.82) is 0 Å². The van der Waals surface area contributed by atoms with Crippen molar-refractivity contribution in [3.05, 3.63) is 12.2 Å². The van der Waals surface area contributed by atoms with E-state index in [0.29, 0.717) is 53.6 Å². The summed E-state index contributed by atoms with van der Waals surface area (Å²) in [6, 6.07) is 0. The van der Waals surface area contributed by atoms with Gasteiger partial charge in [0.15, 0.2) is 16.6 Å². The molecule has 0 heterocycles. The van der Waals surface area contributed by atoms with E-state index in [0.717, 1.165) is 12.5 Å². The van der Waals surface area contributed by atoms with Crippen molar-refractivity contribution < 1.29 is 19.1 Å². The molecule has 0 radical (unpaired) electrons. The van der Waals surface area contributed by atoms with Gasteiger partial charge in [-0.1, -0.05) is 95.2 Å². The van der Waals surface area contributed by atoms with Crippen LogP contribution in [-0.2, 0) is 8.85 Å². The van der Waals surface area contributed by atoms with Gasteiger partial charge in [0, 0.05) is 13.2 Å². The SMILES string of the molecule is CC1C(CO[Si](C)(C)C(C)(C)C(C)C)CC(O)C(O)C1C.CC1C=CCC(CO[Si](C)(C)C(C)(C)C(C)C)C1C. The normalized spacial score (nSPS) is 32.3. The predicted octanol–water partition coefficient (Wildman–Crippen LogP) is 9.15. The molecule has 238 valence electrons. The smallest absolute Gasteiger partial charge is 0.192 e. The maximum atomic E-state index is 10.0. The molecular weight excluding hydrogens is 529 g/mol. The van der Waals surface area contributed by atoms with Crippen molar-refractivity contribution >= 4 is 16.6 Å². The minimum Gasteiger partial charge on any atom is -0.417 e. The fraction of sp³-hybridized carbons (Fsp3) is 0.941. The highest BCUT2D eigenvalue weighted by Gasteiger charge is 2.46. The number of aliphatic hydroxyl groups is 2. The standard InChI is InChI=1S/C17H36O3Si.C17H34OSi/c1-11(2)17(5,6)21(7,8)20-10-14-9-15(18)16(19)13(4)12(14)3;1-13(2)17(5,6)19(7,8)18-12-16-11-9-10-14(3)15(16)4/h11-16,18-19H,9-10H2,1-8H3;9-10,13-16H,11-12H2,1-8H3. The van der Waals surface area contributed by atoms with Crippen LogP contribution in [-0.4, -0.2) is 52.3 Å². The second kappa shape index (κ2) is 14.7. The van der Waals surface area contributed by atoms with E-state index < -0.39 is 28.8 Å². The third kappa shape index (κ3) is 9.01. The van der Waals surface area contributed by atoms with Gasteiger partial charge in [-0.05, 0) is 96.4 Å². The van der Waals surface area contributed by atoms with Crippen molar-refractivity contribution in [2.75, 3.05) is 13.2 Å². The number of rotatable bonds is 10. The Labute approximate surface area is 252 Å². The summed E-state index contributed by atoms with van der Waals surface area (Å²) in [5, 5.41) is 20.5. The minimum atomic E-state index is -1.81. The summed E-state index contributed by atoms with van der Waals surface area (Å²) in [4.78, 5) is 0. The summed E-state index contributed by atoms with van der Waals surface area (Å²) in [6.07, 6.45) is 5.36. The maximum Gasteiger partial charge on any atom is 0.192 e. The van der Waals surface area contributed by atoms with Crippen LogP contribution in [0.25, 0.3) is 0 Å². The van der Waals surface area contributed by atoms with Crippen molar-refractivity contribution in [3.8, 4) is 0 Å². The zero-order chi connectivity index (χ0) is 31.4. The van der Waals surface area contributed by atoms with E-state index in [2.05, 4.69) is 115 Å². The Morgan fingerprint density at radius 2 is 1.15 bits per heavy atom. The predicted molar refractivity (Wildman–Crippen MR) is 179 cm³/mol. The van der Waals surface area contributed by atoms with Crippen LogP contribution in [0.15, 0.2) is 12.2 Å². The Bertz CT molecular complexity index is 789. The van der Waals surface area contributed by atoms with Crippen LogP contribution in [0, 0.1) is 47.3 Å². The number of hydrogen-bond donors (Lipinski definition) is 2. The molecule has 1 fully saturated rings. The summed E-state index contributed by atoms with van der Waals surface area (Å²) in [5.41, 5.74) is 0. The first-order chi connectivity index (χ1) is 18.0. The molecule has 1 saturated carbocycles. The minimum absolute atomic E-state index is 0.130. The van der Waals surface area contributed by atoms with Gasteiger partial charge < -0.3 is 19.1 Å². The molecule has 8 unspecified atom stereocenters. The van der Waals surface area contributed by atoms with Gasteiger partial charge in [0.25, 0.3) is 0 Å². The second-order valence-corrected chi connectivity index (χ2v) is 25.5. The van der Waals surface area contributed by atoms with Crippen LogP contribution in [0.1, 0.15) is 95.9 Å². The lowest BCUT2D eigenvalue weighted by atomic mass is 9.71. The summed E-state index contributed by atoms with van der Waals surface area (Å²) < 4.78 is 13.0. The quantitative estimate of drug-likeness (QED) is 0.194. The fourth-order valence-electron chi connectivity index (χ4n) is 5.88. The summed E-state index contributed by atoms with van der Waals surface area (Å²) in [6.45, 7) is 38.5. The molecule has 0 aromatic heterocycles. The molecule has 2 aliphatic rings. The van der Waals surface area contributed by atoms with Crippen molar-refractivity contribution in [3.63, 3.8) is 0 Å². The average molecular weight is 599 g/mol. The fourth-order valence-corrected chi connectivity index (χ4v) is 10.7. The molecule has 6 heteroatoms. The third-order valence-corrected chi connectivity index (χ3v) is 21.9. The van der Waals surface area contributed by atoms with Crippen LogP contribution in [0.4, 0.5) is 0 Å². The number of allylic oxidation sites excluding steroid dienone is 2. The van der Waals surface area contributed by atoms with Gasteiger partial charge in [0.1, 0.15) is 0 Å². The maximum absolute atomic E-state index is 10.0. The van der Waals surface area contributed by atoms with Gasteiger partial charge in [0.2, 0.25) is 0 Å². The van der Waals surface area contributed by atoms with Gasteiger partial charge in [-0.25, -0.2) is 0 Å². The highest BCUT2D eigenvalue weighted by atomic mass is 28.4. The van der Waals surface area contributed by atoms with Gasteiger partial charge in [-0.2, -0.15) is 0 Å². The Kier molecular flexibility index (Phi) is 13.9. The molecule has 0 saturated heterocycles. The molecule has 2 rings (SSSR count). The molecule has 0 aliphatic heterocycles. The summed E-state index contributed by atoms with van der Waals surface area (Å²) in [7, 11) is -3.47. The molecule has 4 nitrogen and oxygen atoms in total. The average Bonchev–Trinajstić information content (AvgIpc) is 2.85. The molecule has 0 bridgehead atoms. The largest absolute Gasteiger partial charge is 0.417 e. The number of hydrogen-bond acceptors (Lipinski definition) is 4. The van der Waals surface area contributed by atoms with Crippen LogP contribution in [0.3, 0.4) is 0 Å². The molecule has 0 aromatic rings. The second-order valence-electron chi connectivity index (χ2n) is 16.3. The lowest BCUT2D eigenvalue weighted by Gasteiger charge is -2.45. The first-order valence-electron chi connectivity index (χ1n) is 16.3. The molecule has 40 heavy (non-hydrogen) atoms.